The van der Waals surface area contributed by atoms with Crippen LogP contribution in [-0.2, 0) is 0 Å². The molecule has 0 radical (unpaired) electrons. The van der Waals surface area contributed by atoms with Gasteiger partial charge in [-0.05, 0) is 18.2 Å². The van der Waals surface area contributed by atoms with Crippen LogP contribution in [0.4, 0.5) is 0 Å². The van der Waals surface area contributed by atoms with E-state index in [1.165, 1.54) is 0 Å². The fourth-order valence-electron chi connectivity index (χ4n) is 2.39. The molecule has 0 aliphatic heterocycles. The standard InChI is InChI=1S/C16H12N4/c1-2-4-12(5-3-1)15-11-17-16-10-13(7-9-20(15)16)14-6-8-18-19-14/h1-11H,(H,18,19). The Bertz CT molecular complexity index is 845. The van der Waals surface area contributed by atoms with Crippen LogP contribution < -0.4 is 0 Å². The molecular formula is C16H12N4. The van der Waals surface area contributed by atoms with Gasteiger partial charge in [-0.25, -0.2) is 4.98 Å². The molecule has 0 atom stereocenters. The Balaban J connectivity index is 1.87. The SMILES string of the molecule is c1ccc(-c2cnc3cc(-c4ccn[nH]4)ccn23)cc1. The molecule has 1 N–H and O–H groups in total. The molecule has 4 nitrogen and oxygen atoms in total. The van der Waals surface area contributed by atoms with Crippen molar-refractivity contribution in [1.82, 2.24) is 19.6 Å². The van der Waals surface area contributed by atoms with E-state index in [1.807, 2.05) is 36.7 Å². The lowest BCUT2D eigenvalue weighted by Gasteiger charge is -2.03. The number of aromatic nitrogens is 4. The number of H-pyrrole nitrogens is 1. The minimum atomic E-state index is 0.927. The van der Waals surface area contributed by atoms with Crippen LogP contribution in [0.5, 0.6) is 0 Å². The first-order valence-electron chi connectivity index (χ1n) is 6.44. The van der Waals surface area contributed by atoms with E-state index in [-0.39, 0.29) is 0 Å². The van der Waals surface area contributed by atoms with Crippen molar-refractivity contribution >= 4 is 5.65 Å². The van der Waals surface area contributed by atoms with Gasteiger partial charge in [0.1, 0.15) is 5.65 Å². The van der Waals surface area contributed by atoms with Gasteiger partial charge >= 0.3 is 0 Å². The van der Waals surface area contributed by atoms with Gasteiger partial charge in [0.15, 0.2) is 0 Å². The summed E-state index contributed by atoms with van der Waals surface area (Å²) in [6.07, 6.45) is 5.70. The first-order valence-corrected chi connectivity index (χ1v) is 6.44. The zero-order chi connectivity index (χ0) is 13.4. The quantitative estimate of drug-likeness (QED) is 0.600. The van der Waals surface area contributed by atoms with Gasteiger partial charge < -0.3 is 0 Å². The Labute approximate surface area is 115 Å². The first kappa shape index (κ1) is 11.0. The van der Waals surface area contributed by atoms with Crippen LogP contribution >= 0.6 is 0 Å². The average molecular weight is 260 g/mol. The van der Waals surface area contributed by atoms with Crippen molar-refractivity contribution in [3.63, 3.8) is 0 Å². The number of imidazole rings is 1. The minimum absolute atomic E-state index is 0.927. The lowest BCUT2D eigenvalue weighted by Crippen LogP contribution is -1.89. The molecule has 0 unspecified atom stereocenters. The normalized spacial score (nSPS) is 11.0. The highest BCUT2D eigenvalue weighted by Crippen LogP contribution is 2.23. The molecule has 0 saturated heterocycles. The van der Waals surface area contributed by atoms with E-state index < -0.39 is 0 Å². The lowest BCUT2D eigenvalue weighted by atomic mass is 10.1. The summed E-state index contributed by atoms with van der Waals surface area (Å²) in [7, 11) is 0. The van der Waals surface area contributed by atoms with E-state index in [0.717, 1.165) is 28.2 Å². The Morgan fingerprint density at radius 2 is 1.85 bits per heavy atom. The second kappa shape index (κ2) is 4.35. The maximum absolute atomic E-state index is 4.49. The van der Waals surface area contributed by atoms with Crippen molar-refractivity contribution in [1.29, 1.82) is 0 Å². The molecular weight excluding hydrogens is 248 g/mol. The first-order chi connectivity index (χ1) is 9.92. The van der Waals surface area contributed by atoms with E-state index >= 15 is 0 Å². The summed E-state index contributed by atoms with van der Waals surface area (Å²) in [5.41, 5.74) is 5.26. The number of nitrogens with zero attached hydrogens (tertiary/aromatic N) is 3. The van der Waals surface area contributed by atoms with Gasteiger partial charge in [-0.2, -0.15) is 5.10 Å². The second-order valence-electron chi connectivity index (χ2n) is 4.62. The van der Waals surface area contributed by atoms with E-state index in [0.29, 0.717) is 0 Å². The molecule has 0 saturated carbocycles. The van der Waals surface area contributed by atoms with E-state index in [4.69, 9.17) is 0 Å². The Morgan fingerprint density at radius 1 is 0.950 bits per heavy atom. The van der Waals surface area contributed by atoms with Gasteiger partial charge in [0.25, 0.3) is 0 Å². The average Bonchev–Trinajstić information content (AvgIpc) is 3.17. The van der Waals surface area contributed by atoms with Crippen molar-refractivity contribution in [2.45, 2.75) is 0 Å². The molecule has 0 bridgehead atoms. The third kappa shape index (κ3) is 1.70. The van der Waals surface area contributed by atoms with Crippen LogP contribution in [0.15, 0.2) is 67.1 Å². The molecule has 3 aromatic heterocycles. The molecule has 0 spiro atoms. The lowest BCUT2D eigenvalue weighted by molar-refractivity contribution is 1.09. The largest absolute Gasteiger partial charge is 0.300 e. The summed E-state index contributed by atoms with van der Waals surface area (Å²) < 4.78 is 2.09. The number of pyridine rings is 1. The number of rotatable bonds is 2. The summed E-state index contributed by atoms with van der Waals surface area (Å²) in [6, 6.07) is 16.3. The molecule has 4 rings (SSSR count). The van der Waals surface area contributed by atoms with Crippen molar-refractivity contribution in [2.24, 2.45) is 0 Å². The molecule has 4 heteroatoms. The Hall–Kier alpha value is -2.88. The van der Waals surface area contributed by atoms with Gasteiger partial charge in [-0.3, -0.25) is 9.50 Å². The summed E-state index contributed by atoms with van der Waals surface area (Å²) in [5.74, 6) is 0. The summed E-state index contributed by atoms with van der Waals surface area (Å²) in [5, 5.41) is 6.95. The maximum Gasteiger partial charge on any atom is 0.137 e. The van der Waals surface area contributed by atoms with Crippen LogP contribution in [0.1, 0.15) is 0 Å². The number of hydrogen-bond donors (Lipinski definition) is 1. The van der Waals surface area contributed by atoms with E-state index in [9.17, 15) is 0 Å². The number of aromatic amines is 1. The van der Waals surface area contributed by atoms with Gasteiger partial charge in [-0.15, -0.1) is 0 Å². The third-order valence-electron chi connectivity index (χ3n) is 3.39. The molecule has 96 valence electrons. The molecule has 1 aromatic carbocycles. The predicted octanol–water partition coefficient (Wildman–Crippen LogP) is 3.39. The van der Waals surface area contributed by atoms with Crippen LogP contribution in [-0.4, -0.2) is 19.6 Å². The monoisotopic (exact) mass is 260 g/mol. The fourth-order valence-corrected chi connectivity index (χ4v) is 2.39. The molecule has 20 heavy (non-hydrogen) atoms. The Morgan fingerprint density at radius 3 is 2.65 bits per heavy atom. The highest BCUT2D eigenvalue weighted by atomic mass is 15.1. The van der Waals surface area contributed by atoms with Gasteiger partial charge in [0.2, 0.25) is 0 Å². The summed E-state index contributed by atoms with van der Waals surface area (Å²) in [4.78, 5) is 4.49. The van der Waals surface area contributed by atoms with Gasteiger partial charge in [0, 0.05) is 23.5 Å². The van der Waals surface area contributed by atoms with Crippen molar-refractivity contribution in [2.75, 3.05) is 0 Å². The molecule has 4 aromatic rings. The number of fused-ring (bicyclic) bond motifs is 1. The highest BCUT2D eigenvalue weighted by Gasteiger charge is 2.07. The van der Waals surface area contributed by atoms with Crippen molar-refractivity contribution in [3.8, 4) is 22.5 Å². The van der Waals surface area contributed by atoms with E-state index in [2.05, 4.69) is 43.8 Å². The molecule has 3 heterocycles. The molecule has 0 amide bonds. The van der Waals surface area contributed by atoms with Crippen LogP contribution in [0.2, 0.25) is 0 Å². The van der Waals surface area contributed by atoms with Gasteiger partial charge in [-0.1, -0.05) is 30.3 Å². The minimum Gasteiger partial charge on any atom is -0.300 e. The van der Waals surface area contributed by atoms with Crippen molar-refractivity contribution in [3.05, 3.63) is 67.1 Å². The second-order valence-corrected chi connectivity index (χ2v) is 4.62. The number of benzene rings is 1. The fraction of sp³-hybridized carbons (Fsp3) is 0. The smallest absolute Gasteiger partial charge is 0.137 e. The topological polar surface area (TPSA) is 46.0 Å². The van der Waals surface area contributed by atoms with E-state index in [1.54, 1.807) is 6.20 Å². The number of nitrogens with one attached hydrogen (secondary N) is 1. The Kier molecular flexibility index (Phi) is 2.39. The molecule has 0 aliphatic rings. The maximum atomic E-state index is 4.49. The zero-order valence-electron chi connectivity index (χ0n) is 10.7. The van der Waals surface area contributed by atoms with Crippen molar-refractivity contribution < 1.29 is 0 Å². The highest BCUT2D eigenvalue weighted by molar-refractivity contribution is 5.68. The predicted molar refractivity (Wildman–Crippen MR) is 78.2 cm³/mol. The van der Waals surface area contributed by atoms with Crippen LogP contribution in [0, 0.1) is 0 Å². The van der Waals surface area contributed by atoms with Crippen LogP contribution in [0.25, 0.3) is 28.2 Å². The molecule has 0 aliphatic carbocycles. The molecule has 0 fully saturated rings. The van der Waals surface area contributed by atoms with Crippen LogP contribution in [0.3, 0.4) is 0 Å². The number of hydrogen-bond acceptors (Lipinski definition) is 2. The third-order valence-corrected chi connectivity index (χ3v) is 3.39. The summed E-state index contributed by atoms with van der Waals surface area (Å²) >= 11 is 0. The summed E-state index contributed by atoms with van der Waals surface area (Å²) in [6.45, 7) is 0. The van der Waals surface area contributed by atoms with Gasteiger partial charge in [0.05, 0.1) is 17.6 Å². The zero-order valence-corrected chi connectivity index (χ0v) is 10.7.